The molecule has 0 radical (unpaired) electrons. The maximum atomic E-state index is 11.6. The Balaban J connectivity index is 2.07. The average Bonchev–Trinajstić information content (AvgIpc) is 2.82. The highest BCUT2D eigenvalue weighted by atomic mass is 32.1. The summed E-state index contributed by atoms with van der Waals surface area (Å²) >= 11 is 1.48. The van der Waals surface area contributed by atoms with Crippen molar-refractivity contribution in [2.75, 3.05) is 0 Å². The summed E-state index contributed by atoms with van der Waals surface area (Å²) in [6, 6.07) is 7.43. The van der Waals surface area contributed by atoms with Crippen molar-refractivity contribution in [3.63, 3.8) is 0 Å². The molecular weight excluding hydrogens is 240 g/mol. The first-order chi connectivity index (χ1) is 8.16. The van der Waals surface area contributed by atoms with Crippen LogP contribution in [0.2, 0.25) is 0 Å². The fraction of sp³-hybridized carbons (Fsp3) is 0.0833. The second-order valence-electron chi connectivity index (χ2n) is 3.36. The Kier molecular flexibility index (Phi) is 3.30. The van der Waals surface area contributed by atoms with E-state index in [9.17, 15) is 15.0 Å². The lowest BCUT2D eigenvalue weighted by atomic mass is 10.2. The highest BCUT2D eigenvalue weighted by Gasteiger charge is 2.13. The largest absolute Gasteiger partial charge is 0.508 e. The molecule has 88 valence electrons. The number of phenols is 2. The van der Waals surface area contributed by atoms with Crippen LogP contribution in [-0.2, 0) is 11.3 Å². The summed E-state index contributed by atoms with van der Waals surface area (Å²) in [6.07, 6.45) is 0. The van der Waals surface area contributed by atoms with Crippen LogP contribution in [0.5, 0.6) is 11.5 Å². The van der Waals surface area contributed by atoms with E-state index in [-0.39, 0.29) is 23.7 Å². The zero-order valence-electron chi connectivity index (χ0n) is 8.79. The van der Waals surface area contributed by atoms with E-state index in [0.717, 1.165) is 4.88 Å². The smallest absolute Gasteiger partial charge is 0.342 e. The molecule has 17 heavy (non-hydrogen) atoms. The van der Waals surface area contributed by atoms with Gasteiger partial charge in [-0.1, -0.05) is 6.07 Å². The van der Waals surface area contributed by atoms with Gasteiger partial charge in [-0.05, 0) is 29.6 Å². The first-order valence-corrected chi connectivity index (χ1v) is 5.76. The number of carbonyl (C=O) groups excluding carboxylic acids is 1. The molecular formula is C12H10O4S. The minimum atomic E-state index is -0.660. The molecule has 1 aromatic heterocycles. The van der Waals surface area contributed by atoms with Gasteiger partial charge in [-0.3, -0.25) is 0 Å². The third-order valence-corrected chi connectivity index (χ3v) is 2.98. The van der Waals surface area contributed by atoms with Gasteiger partial charge in [-0.2, -0.15) is 0 Å². The van der Waals surface area contributed by atoms with E-state index in [0.29, 0.717) is 0 Å². The predicted molar refractivity (Wildman–Crippen MR) is 63.2 cm³/mol. The van der Waals surface area contributed by atoms with Gasteiger partial charge in [0, 0.05) is 4.88 Å². The highest BCUT2D eigenvalue weighted by molar-refractivity contribution is 7.09. The lowest BCUT2D eigenvalue weighted by Crippen LogP contribution is -2.04. The quantitative estimate of drug-likeness (QED) is 0.649. The van der Waals surface area contributed by atoms with Crippen LogP contribution in [0.15, 0.2) is 35.7 Å². The maximum Gasteiger partial charge on any atom is 0.342 e. The zero-order chi connectivity index (χ0) is 12.3. The van der Waals surface area contributed by atoms with Crippen molar-refractivity contribution < 1.29 is 19.7 Å². The molecule has 0 amide bonds. The Morgan fingerprint density at radius 3 is 2.82 bits per heavy atom. The minimum Gasteiger partial charge on any atom is -0.508 e. The molecule has 1 heterocycles. The monoisotopic (exact) mass is 250 g/mol. The van der Waals surface area contributed by atoms with Crippen LogP contribution in [0.3, 0.4) is 0 Å². The van der Waals surface area contributed by atoms with Crippen LogP contribution < -0.4 is 0 Å². The second-order valence-corrected chi connectivity index (χ2v) is 4.39. The van der Waals surface area contributed by atoms with Crippen LogP contribution in [-0.4, -0.2) is 16.2 Å². The van der Waals surface area contributed by atoms with Crippen molar-refractivity contribution >= 4 is 17.3 Å². The van der Waals surface area contributed by atoms with E-state index in [1.54, 1.807) is 0 Å². The van der Waals surface area contributed by atoms with Crippen LogP contribution in [0.1, 0.15) is 15.2 Å². The number of esters is 1. The number of thiophene rings is 1. The van der Waals surface area contributed by atoms with E-state index in [1.165, 1.54) is 29.5 Å². The zero-order valence-corrected chi connectivity index (χ0v) is 9.61. The molecule has 0 bridgehead atoms. The lowest BCUT2D eigenvalue weighted by Gasteiger charge is -2.05. The Morgan fingerprint density at radius 2 is 2.12 bits per heavy atom. The number of phenolic OH excluding ortho intramolecular Hbond substituents is 2. The van der Waals surface area contributed by atoms with Gasteiger partial charge in [0.2, 0.25) is 0 Å². The molecule has 0 saturated carbocycles. The maximum absolute atomic E-state index is 11.6. The summed E-state index contributed by atoms with van der Waals surface area (Å²) in [6.45, 7) is 0.158. The van der Waals surface area contributed by atoms with Crippen LogP contribution >= 0.6 is 11.3 Å². The van der Waals surface area contributed by atoms with Crippen molar-refractivity contribution in [2.45, 2.75) is 6.61 Å². The third kappa shape index (κ3) is 2.76. The van der Waals surface area contributed by atoms with Crippen molar-refractivity contribution in [3.05, 3.63) is 46.2 Å². The van der Waals surface area contributed by atoms with E-state index < -0.39 is 5.97 Å². The average molecular weight is 250 g/mol. The molecule has 4 nitrogen and oxygen atoms in total. The molecule has 0 unspecified atom stereocenters. The molecule has 2 aromatic rings. The Labute approximate surface area is 102 Å². The molecule has 0 aliphatic heterocycles. The van der Waals surface area contributed by atoms with Gasteiger partial charge in [0.1, 0.15) is 23.7 Å². The molecule has 5 heteroatoms. The van der Waals surface area contributed by atoms with Gasteiger partial charge < -0.3 is 14.9 Å². The number of hydrogen-bond donors (Lipinski definition) is 2. The Bertz CT molecular complexity index is 519. The molecule has 2 rings (SSSR count). The fourth-order valence-electron chi connectivity index (χ4n) is 1.30. The van der Waals surface area contributed by atoms with Crippen LogP contribution in [0.25, 0.3) is 0 Å². The number of ether oxygens (including phenoxy) is 1. The summed E-state index contributed by atoms with van der Waals surface area (Å²) in [7, 11) is 0. The number of hydrogen-bond acceptors (Lipinski definition) is 5. The SMILES string of the molecule is O=C(OCc1cccs1)c1cc(O)ccc1O. The molecule has 0 aliphatic carbocycles. The number of aromatic hydroxyl groups is 2. The Hall–Kier alpha value is -2.01. The summed E-state index contributed by atoms with van der Waals surface area (Å²) in [5.74, 6) is -0.961. The molecule has 0 spiro atoms. The predicted octanol–water partition coefficient (Wildman–Crippen LogP) is 2.52. The lowest BCUT2D eigenvalue weighted by molar-refractivity contribution is 0.0473. The van der Waals surface area contributed by atoms with E-state index >= 15 is 0 Å². The molecule has 0 saturated heterocycles. The molecule has 2 N–H and O–H groups in total. The molecule has 0 aliphatic rings. The van der Waals surface area contributed by atoms with E-state index in [2.05, 4.69) is 0 Å². The summed E-state index contributed by atoms with van der Waals surface area (Å²) in [5, 5.41) is 20.6. The minimum absolute atomic E-state index is 0.0402. The molecule has 0 fully saturated rings. The highest BCUT2D eigenvalue weighted by Crippen LogP contribution is 2.23. The summed E-state index contributed by atoms with van der Waals surface area (Å²) < 4.78 is 5.01. The second kappa shape index (κ2) is 4.88. The topological polar surface area (TPSA) is 66.8 Å². The summed E-state index contributed by atoms with van der Waals surface area (Å²) in [4.78, 5) is 12.5. The van der Waals surface area contributed by atoms with Gasteiger partial charge >= 0.3 is 5.97 Å². The number of rotatable bonds is 3. The first-order valence-electron chi connectivity index (χ1n) is 4.88. The van der Waals surface area contributed by atoms with Crippen molar-refractivity contribution in [1.29, 1.82) is 0 Å². The molecule has 1 aromatic carbocycles. The molecule has 0 atom stereocenters. The normalized spacial score (nSPS) is 10.1. The van der Waals surface area contributed by atoms with Gasteiger partial charge in [-0.25, -0.2) is 4.79 Å². The Morgan fingerprint density at radius 1 is 1.29 bits per heavy atom. The van der Waals surface area contributed by atoms with E-state index in [1.807, 2.05) is 17.5 Å². The van der Waals surface area contributed by atoms with Crippen molar-refractivity contribution in [2.24, 2.45) is 0 Å². The first kappa shape index (κ1) is 11.5. The van der Waals surface area contributed by atoms with E-state index in [4.69, 9.17) is 4.74 Å². The summed E-state index contributed by atoms with van der Waals surface area (Å²) in [5.41, 5.74) is -0.0402. The third-order valence-electron chi connectivity index (χ3n) is 2.13. The fourth-order valence-corrected chi connectivity index (χ4v) is 1.91. The van der Waals surface area contributed by atoms with Gasteiger partial charge in [0.05, 0.1) is 0 Å². The van der Waals surface area contributed by atoms with Crippen molar-refractivity contribution in [3.8, 4) is 11.5 Å². The number of carbonyl (C=O) groups is 1. The van der Waals surface area contributed by atoms with Gasteiger partial charge in [0.15, 0.2) is 0 Å². The standard InChI is InChI=1S/C12H10O4S/c13-8-3-4-11(14)10(6-8)12(15)16-7-9-2-1-5-17-9/h1-6,13-14H,7H2. The van der Waals surface area contributed by atoms with Crippen LogP contribution in [0.4, 0.5) is 0 Å². The van der Waals surface area contributed by atoms with Crippen molar-refractivity contribution in [1.82, 2.24) is 0 Å². The van der Waals surface area contributed by atoms with Gasteiger partial charge in [-0.15, -0.1) is 11.3 Å². The van der Waals surface area contributed by atoms with Gasteiger partial charge in [0.25, 0.3) is 0 Å². The van der Waals surface area contributed by atoms with Crippen LogP contribution in [0, 0.1) is 0 Å². The number of benzene rings is 1.